The van der Waals surface area contributed by atoms with E-state index in [0.29, 0.717) is 11.8 Å². The molecule has 0 N–H and O–H groups in total. The van der Waals surface area contributed by atoms with Crippen molar-refractivity contribution in [2.75, 3.05) is 0 Å². The van der Waals surface area contributed by atoms with Crippen LogP contribution in [0.2, 0.25) is 5.02 Å². The molecule has 2 aromatic carbocycles. The highest BCUT2D eigenvalue weighted by atomic mass is 35.5. The van der Waals surface area contributed by atoms with Gasteiger partial charge in [-0.05, 0) is 41.5 Å². The zero-order valence-electron chi connectivity index (χ0n) is 12.2. The molecule has 0 saturated heterocycles. The SMILES string of the molecule is O=Cc1cc(F)cc(CC(=O)Cc2ccc(C(F)(F)F)cc2Cl)c1. The average molecular weight is 359 g/mol. The van der Waals surface area contributed by atoms with Gasteiger partial charge in [0.25, 0.3) is 0 Å². The number of rotatable bonds is 5. The van der Waals surface area contributed by atoms with Gasteiger partial charge in [0.15, 0.2) is 0 Å². The second-order valence-corrected chi connectivity index (χ2v) is 5.61. The quantitative estimate of drug-likeness (QED) is 0.575. The van der Waals surface area contributed by atoms with Crippen molar-refractivity contribution in [1.82, 2.24) is 0 Å². The topological polar surface area (TPSA) is 34.1 Å². The number of halogens is 5. The van der Waals surface area contributed by atoms with Gasteiger partial charge < -0.3 is 0 Å². The first-order valence-electron chi connectivity index (χ1n) is 6.81. The fraction of sp³-hybridized carbons (Fsp3) is 0.176. The molecule has 0 saturated carbocycles. The Morgan fingerprint density at radius 2 is 1.79 bits per heavy atom. The number of aldehydes is 1. The maximum atomic E-state index is 13.3. The standard InChI is InChI=1S/C17H11ClF4O2/c18-16-8-13(17(20,21)22)2-1-12(16)7-15(24)6-10-3-11(9-23)5-14(19)4-10/h1-5,8-9H,6-7H2. The molecule has 0 fully saturated rings. The summed E-state index contributed by atoms with van der Waals surface area (Å²) in [5.74, 6) is -1.01. The van der Waals surface area contributed by atoms with E-state index in [4.69, 9.17) is 11.6 Å². The Morgan fingerprint density at radius 1 is 1.08 bits per heavy atom. The second kappa shape index (κ2) is 7.13. The first-order valence-corrected chi connectivity index (χ1v) is 7.19. The molecule has 0 unspecified atom stereocenters. The van der Waals surface area contributed by atoms with Gasteiger partial charge in [-0.2, -0.15) is 13.2 Å². The van der Waals surface area contributed by atoms with E-state index in [1.807, 2.05) is 0 Å². The minimum absolute atomic E-state index is 0.102. The van der Waals surface area contributed by atoms with Gasteiger partial charge in [-0.1, -0.05) is 17.7 Å². The number of Topliss-reactive ketones (excluding diaryl/α,β-unsaturated/α-hetero) is 1. The molecule has 0 aliphatic heterocycles. The number of hydrogen-bond acceptors (Lipinski definition) is 2. The fourth-order valence-corrected chi connectivity index (χ4v) is 2.46. The molecule has 0 bridgehead atoms. The molecule has 0 atom stereocenters. The van der Waals surface area contributed by atoms with Crippen molar-refractivity contribution in [3.05, 3.63) is 69.5 Å². The number of carbonyl (C=O) groups excluding carboxylic acids is 2. The zero-order valence-corrected chi connectivity index (χ0v) is 12.9. The van der Waals surface area contributed by atoms with Crippen LogP contribution in [0.1, 0.15) is 27.0 Å². The van der Waals surface area contributed by atoms with Crippen LogP contribution in [0, 0.1) is 5.82 Å². The molecule has 0 aliphatic rings. The summed E-state index contributed by atoms with van der Waals surface area (Å²) in [5, 5.41) is -0.161. The molecule has 2 aromatic rings. The number of benzene rings is 2. The molecular weight excluding hydrogens is 348 g/mol. The van der Waals surface area contributed by atoms with Crippen LogP contribution >= 0.6 is 11.6 Å². The largest absolute Gasteiger partial charge is 0.416 e. The molecule has 0 radical (unpaired) electrons. The molecule has 0 aromatic heterocycles. The van der Waals surface area contributed by atoms with Crippen molar-refractivity contribution < 1.29 is 27.2 Å². The fourth-order valence-electron chi connectivity index (χ4n) is 2.22. The van der Waals surface area contributed by atoms with Crippen molar-refractivity contribution >= 4 is 23.7 Å². The van der Waals surface area contributed by atoms with Crippen LogP contribution in [0.4, 0.5) is 17.6 Å². The number of hydrogen-bond donors (Lipinski definition) is 0. The maximum absolute atomic E-state index is 13.3. The van der Waals surface area contributed by atoms with E-state index in [1.54, 1.807) is 0 Å². The van der Waals surface area contributed by atoms with Crippen LogP contribution in [0.5, 0.6) is 0 Å². The smallest absolute Gasteiger partial charge is 0.299 e. The molecule has 126 valence electrons. The van der Waals surface area contributed by atoms with E-state index in [2.05, 4.69) is 0 Å². The Kier molecular flexibility index (Phi) is 5.39. The van der Waals surface area contributed by atoms with E-state index < -0.39 is 17.6 Å². The molecule has 0 amide bonds. The molecule has 0 heterocycles. The molecular formula is C17H11ClF4O2. The molecule has 2 nitrogen and oxygen atoms in total. The van der Waals surface area contributed by atoms with Crippen LogP contribution < -0.4 is 0 Å². The van der Waals surface area contributed by atoms with E-state index in [1.165, 1.54) is 6.07 Å². The predicted octanol–water partition coefficient (Wildman–Crippen LogP) is 4.66. The summed E-state index contributed by atoms with van der Waals surface area (Å²) < 4.78 is 51.0. The Balaban J connectivity index is 2.13. The Bertz CT molecular complexity index is 785. The molecule has 0 aliphatic carbocycles. The van der Waals surface area contributed by atoms with Gasteiger partial charge >= 0.3 is 6.18 Å². The van der Waals surface area contributed by atoms with Crippen LogP contribution in [-0.2, 0) is 23.8 Å². The Labute approximate surface area is 140 Å². The lowest BCUT2D eigenvalue weighted by molar-refractivity contribution is -0.137. The van der Waals surface area contributed by atoms with E-state index >= 15 is 0 Å². The van der Waals surface area contributed by atoms with E-state index in [-0.39, 0.29) is 34.8 Å². The van der Waals surface area contributed by atoms with Crippen molar-refractivity contribution in [1.29, 1.82) is 0 Å². The number of carbonyl (C=O) groups is 2. The maximum Gasteiger partial charge on any atom is 0.416 e. The van der Waals surface area contributed by atoms with Crippen molar-refractivity contribution in [3.63, 3.8) is 0 Å². The van der Waals surface area contributed by atoms with Crippen LogP contribution in [0.25, 0.3) is 0 Å². The summed E-state index contributed by atoms with van der Waals surface area (Å²) in [6, 6.07) is 6.29. The first-order chi connectivity index (χ1) is 11.2. The van der Waals surface area contributed by atoms with Gasteiger partial charge in [0.1, 0.15) is 17.9 Å². The van der Waals surface area contributed by atoms with Crippen molar-refractivity contribution in [2.45, 2.75) is 19.0 Å². The third-order valence-electron chi connectivity index (χ3n) is 3.29. The summed E-state index contributed by atoms with van der Waals surface area (Å²) in [5.41, 5.74) is -0.235. The van der Waals surface area contributed by atoms with Gasteiger partial charge in [0.05, 0.1) is 5.56 Å². The van der Waals surface area contributed by atoms with E-state index in [9.17, 15) is 27.2 Å². The monoisotopic (exact) mass is 358 g/mol. The average Bonchev–Trinajstić information content (AvgIpc) is 2.47. The summed E-state index contributed by atoms with van der Waals surface area (Å²) in [7, 11) is 0. The molecule has 0 spiro atoms. The summed E-state index contributed by atoms with van der Waals surface area (Å²) in [6.07, 6.45) is -4.40. The minimum atomic E-state index is -4.51. The van der Waals surface area contributed by atoms with Crippen molar-refractivity contribution in [3.8, 4) is 0 Å². The van der Waals surface area contributed by atoms with Crippen LogP contribution in [-0.4, -0.2) is 12.1 Å². The zero-order chi connectivity index (χ0) is 17.9. The van der Waals surface area contributed by atoms with Gasteiger partial charge in [-0.15, -0.1) is 0 Å². The Hall–Kier alpha value is -2.21. The normalized spacial score (nSPS) is 11.4. The first kappa shape index (κ1) is 18.1. The van der Waals surface area contributed by atoms with Gasteiger partial charge in [-0.25, -0.2) is 4.39 Å². The van der Waals surface area contributed by atoms with Gasteiger partial charge in [0, 0.05) is 23.4 Å². The summed E-state index contributed by atoms with van der Waals surface area (Å²) >= 11 is 5.80. The summed E-state index contributed by atoms with van der Waals surface area (Å²) in [4.78, 5) is 22.7. The lowest BCUT2D eigenvalue weighted by Crippen LogP contribution is -2.09. The van der Waals surface area contributed by atoms with E-state index in [0.717, 1.165) is 30.3 Å². The van der Waals surface area contributed by atoms with Gasteiger partial charge in [-0.3, -0.25) is 9.59 Å². The highest BCUT2D eigenvalue weighted by molar-refractivity contribution is 6.31. The molecule has 7 heteroatoms. The third-order valence-corrected chi connectivity index (χ3v) is 3.64. The highest BCUT2D eigenvalue weighted by Crippen LogP contribution is 2.32. The number of alkyl halides is 3. The highest BCUT2D eigenvalue weighted by Gasteiger charge is 2.30. The van der Waals surface area contributed by atoms with Gasteiger partial charge in [0.2, 0.25) is 0 Å². The molecule has 24 heavy (non-hydrogen) atoms. The summed E-state index contributed by atoms with van der Waals surface area (Å²) in [6.45, 7) is 0. The lowest BCUT2D eigenvalue weighted by atomic mass is 10.0. The number of ketones is 1. The molecule has 2 rings (SSSR count). The minimum Gasteiger partial charge on any atom is -0.299 e. The lowest BCUT2D eigenvalue weighted by Gasteiger charge is -2.10. The van der Waals surface area contributed by atoms with Crippen LogP contribution in [0.15, 0.2) is 36.4 Å². The second-order valence-electron chi connectivity index (χ2n) is 5.21. The van der Waals surface area contributed by atoms with Crippen LogP contribution in [0.3, 0.4) is 0 Å². The predicted molar refractivity (Wildman–Crippen MR) is 80.7 cm³/mol. The van der Waals surface area contributed by atoms with Crippen molar-refractivity contribution in [2.24, 2.45) is 0 Å². The Morgan fingerprint density at radius 3 is 2.38 bits per heavy atom. The third kappa shape index (κ3) is 4.64.